The zero-order valence-electron chi connectivity index (χ0n) is 12.3. The molecule has 5 atom stereocenters. The van der Waals surface area contributed by atoms with Crippen LogP contribution in [0.25, 0.3) is 0 Å². The molecule has 0 amide bonds. The van der Waals surface area contributed by atoms with Crippen molar-refractivity contribution in [1.82, 2.24) is 0 Å². The third kappa shape index (κ3) is 5.03. The molecule has 0 bridgehead atoms. The fourth-order valence-electron chi connectivity index (χ4n) is 2.84. The second-order valence-corrected chi connectivity index (χ2v) is 5.74. The van der Waals surface area contributed by atoms with E-state index < -0.39 is 18.3 Å². The molecule has 0 radical (unpaired) electrons. The Morgan fingerprint density at radius 3 is 2.21 bits per heavy atom. The smallest absolute Gasteiger partial charge is 0.111 e. The van der Waals surface area contributed by atoms with Crippen molar-refractivity contribution >= 4 is 0 Å². The van der Waals surface area contributed by atoms with E-state index in [4.69, 9.17) is 4.74 Å². The summed E-state index contributed by atoms with van der Waals surface area (Å²) in [7, 11) is 0. The molecule has 0 aromatic rings. The zero-order chi connectivity index (χ0) is 14.3. The Morgan fingerprint density at radius 2 is 1.58 bits per heavy atom. The first-order valence-electron chi connectivity index (χ1n) is 7.77. The monoisotopic (exact) mass is 274 g/mol. The van der Waals surface area contributed by atoms with Crippen molar-refractivity contribution < 1.29 is 20.1 Å². The summed E-state index contributed by atoms with van der Waals surface area (Å²) in [6, 6.07) is 0. The summed E-state index contributed by atoms with van der Waals surface area (Å²) < 4.78 is 5.60. The van der Waals surface area contributed by atoms with Crippen molar-refractivity contribution in [3.63, 3.8) is 0 Å². The van der Waals surface area contributed by atoms with Gasteiger partial charge in [0, 0.05) is 0 Å². The quantitative estimate of drug-likeness (QED) is 0.591. The lowest BCUT2D eigenvalue weighted by atomic mass is 9.84. The lowest BCUT2D eigenvalue weighted by molar-refractivity contribution is -0.202. The minimum absolute atomic E-state index is 0.124. The molecule has 0 spiro atoms. The van der Waals surface area contributed by atoms with Gasteiger partial charge in [-0.1, -0.05) is 46.0 Å². The molecule has 4 nitrogen and oxygen atoms in total. The van der Waals surface area contributed by atoms with E-state index in [2.05, 4.69) is 13.8 Å². The highest BCUT2D eigenvalue weighted by Crippen LogP contribution is 2.29. The average molecular weight is 274 g/mol. The average Bonchev–Trinajstić information content (AvgIpc) is 2.41. The molecule has 3 N–H and O–H groups in total. The minimum atomic E-state index is -1.07. The summed E-state index contributed by atoms with van der Waals surface area (Å²) in [5.41, 5.74) is 0. The summed E-state index contributed by atoms with van der Waals surface area (Å²) in [6.07, 6.45) is 4.45. The Bertz CT molecular complexity index is 234. The van der Waals surface area contributed by atoms with Crippen LogP contribution >= 0.6 is 0 Å². The van der Waals surface area contributed by atoms with Gasteiger partial charge in [-0.25, -0.2) is 0 Å². The van der Waals surface area contributed by atoms with Crippen LogP contribution in [0.5, 0.6) is 0 Å². The summed E-state index contributed by atoms with van der Waals surface area (Å²) in [4.78, 5) is 0. The predicted molar refractivity (Wildman–Crippen MR) is 74.9 cm³/mol. The van der Waals surface area contributed by atoms with Crippen LogP contribution in [0.2, 0.25) is 0 Å². The van der Waals surface area contributed by atoms with Crippen molar-refractivity contribution in [2.45, 2.75) is 83.2 Å². The Labute approximate surface area is 116 Å². The molecule has 0 aromatic heterocycles. The Morgan fingerprint density at radius 1 is 0.947 bits per heavy atom. The van der Waals surface area contributed by atoms with E-state index in [1.165, 1.54) is 12.8 Å². The van der Waals surface area contributed by atoms with Crippen LogP contribution in [-0.4, -0.2) is 46.3 Å². The number of rotatable bonds is 8. The predicted octanol–water partition coefficient (Wildman–Crippen LogP) is 1.85. The van der Waals surface area contributed by atoms with Crippen LogP contribution < -0.4 is 0 Å². The largest absolute Gasteiger partial charge is 0.388 e. The fourth-order valence-corrected chi connectivity index (χ4v) is 2.84. The van der Waals surface area contributed by atoms with Gasteiger partial charge in [-0.3, -0.25) is 0 Å². The Kier molecular flexibility index (Phi) is 7.91. The van der Waals surface area contributed by atoms with Gasteiger partial charge in [0.2, 0.25) is 0 Å². The first kappa shape index (κ1) is 16.9. The van der Waals surface area contributed by atoms with Crippen molar-refractivity contribution in [2.24, 2.45) is 5.92 Å². The van der Waals surface area contributed by atoms with E-state index >= 15 is 0 Å². The fraction of sp³-hybridized carbons (Fsp3) is 1.00. The molecular weight excluding hydrogens is 244 g/mol. The number of aliphatic hydroxyl groups is 3. The van der Waals surface area contributed by atoms with Crippen LogP contribution in [-0.2, 0) is 4.74 Å². The standard InChI is InChI=1S/C15H30O4/c1-3-5-7-9-11(8-6-4-2)15-14(18)13(17)12(16)10-19-15/h11-18H,3-10H2,1-2H3. The molecular formula is C15H30O4. The highest BCUT2D eigenvalue weighted by molar-refractivity contribution is 4.90. The summed E-state index contributed by atoms with van der Waals surface area (Å²) >= 11 is 0. The molecule has 0 aliphatic carbocycles. The molecule has 1 saturated heterocycles. The summed E-state index contributed by atoms with van der Waals surface area (Å²) in [5, 5.41) is 29.4. The van der Waals surface area contributed by atoms with Gasteiger partial charge >= 0.3 is 0 Å². The first-order valence-corrected chi connectivity index (χ1v) is 7.77. The third-order valence-electron chi connectivity index (χ3n) is 4.11. The summed E-state index contributed by atoms with van der Waals surface area (Å²) in [6.45, 7) is 4.45. The van der Waals surface area contributed by atoms with Crippen LogP contribution in [0.1, 0.15) is 58.8 Å². The second kappa shape index (κ2) is 8.90. The number of hydrogen-bond acceptors (Lipinski definition) is 4. The van der Waals surface area contributed by atoms with Crippen molar-refractivity contribution in [3.05, 3.63) is 0 Å². The van der Waals surface area contributed by atoms with Crippen molar-refractivity contribution in [3.8, 4) is 0 Å². The van der Waals surface area contributed by atoms with Gasteiger partial charge in [-0.2, -0.15) is 0 Å². The van der Waals surface area contributed by atoms with Gasteiger partial charge in [0.15, 0.2) is 0 Å². The van der Waals surface area contributed by atoms with Gasteiger partial charge in [-0.15, -0.1) is 0 Å². The normalized spacial score (nSPS) is 33.3. The molecule has 1 heterocycles. The maximum Gasteiger partial charge on any atom is 0.111 e. The van der Waals surface area contributed by atoms with Crippen molar-refractivity contribution in [1.29, 1.82) is 0 Å². The second-order valence-electron chi connectivity index (χ2n) is 5.74. The van der Waals surface area contributed by atoms with Gasteiger partial charge < -0.3 is 20.1 Å². The molecule has 114 valence electrons. The van der Waals surface area contributed by atoms with Crippen molar-refractivity contribution in [2.75, 3.05) is 6.61 Å². The Balaban J connectivity index is 2.56. The molecule has 19 heavy (non-hydrogen) atoms. The molecule has 1 rings (SSSR count). The first-order chi connectivity index (χ1) is 9.11. The van der Waals surface area contributed by atoms with Gasteiger partial charge in [-0.05, 0) is 18.8 Å². The lowest BCUT2D eigenvalue weighted by Crippen LogP contribution is -2.55. The van der Waals surface area contributed by atoms with E-state index in [9.17, 15) is 15.3 Å². The maximum atomic E-state index is 10.1. The van der Waals surface area contributed by atoms with Gasteiger partial charge in [0.1, 0.15) is 18.3 Å². The Hall–Kier alpha value is -0.160. The SMILES string of the molecule is CCCCCC(CCCC)C1OCC(O)C(O)C1O. The number of hydrogen-bond donors (Lipinski definition) is 3. The maximum absolute atomic E-state index is 10.1. The molecule has 4 heteroatoms. The number of unbranched alkanes of at least 4 members (excludes halogenated alkanes) is 3. The van der Waals surface area contributed by atoms with Gasteiger partial charge in [0.25, 0.3) is 0 Å². The van der Waals surface area contributed by atoms with E-state index in [0.717, 1.165) is 32.1 Å². The molecule has 1 aliphatic heterocycles. The lowest BCUT2D eigenvalue weighted by Gasteiger charge is -2.39. The third-order valence-corrected chi connectivity index (χ3v) is 4.11. The van der Waals surface area contributed by atoms with Crippen LogP contribution in [0.15, 0.2) is 0 Å². The zero-order valence-corrected chi connectivity index (χ0v) is 12.3. The van der Waals surface area contributed by atoms with E-state index in [1.54, 1.807) is 0 Å². The van der Waals surface area contributed by atoms with E-state index in [0.29, 0.717) is 0 Å². The number of ether oxygens (including phenoxy) is 1. The molecule has 1 aliphatic rings. The van der Waals surface area contributed by atoms with Gasteiger partial charge in [0.05, 0.1) is 12.7 Å². The molecule has 0 aromatic carbocycles. The molecule has 1 fully saturated rings. The molecule has 5 unspecified atom stereocenters. The number of aliphatic hydroxyl groups excluding tert-OH is 3. The highest BCUT2D eigenvalue weighted by atomic mass is 16.5. The van der Waals surface area contributed by atoms with E-state index in [1.807, 2.05) is 0 Å². The van der Waals surface area contributed by atoms with E-state index in [-0.39, 0.29) is 18.6 Å². The van der Waals surface area contributed by atoms with Crippen LogP contribution in [0.3, 0.4) is 0 Å². The topological polar surface area (TPSA) is 69.9 Å². The molecule has 0 saturated carbocycles. The van der Waals surface area contributed by atoms with Crippen LogP contribution in [0.4, 0.5) is 0 Å². The highest BCUT2D eigenvalue weighted by Gasteiger charge is 2.40. The minimum Gasteiger partial charge on any atom is -0.388 e. The van der Waals surface area contributed by atoms with Crippen LogP contribution in [0, 0.1) is 5.92 Å². The summed E-state index contributed by atoms with van der Waals surface area (Å²) in [5.74, 6) is 0.281.